The summed E-state index contributed by atoms with van der Waals surface area (Å²) in [6.45, 7) is 1.05. The zero-order valence-electron chi connectivity index (χ0n) is 9.20. The number of hydrogen-bond acceptors (Lipinski definition) is 2. The fraction of sp³-hybridized carbons (Fsp3) is 0.417. The van der Waals surface area contributed by atoms with Gasteiger partial charge in [-0.25, -0.2) is 8.78 Å². The summed E-state index contributed by atoms with van der Waals surface area (Å²) in [4.78, 5) is 13.5. The second kappa shape index (κ2) is 4.79. The van der Waals surface area contributed by atoms with Crippen LogP contribution in [0.4, 0.5) is 8.78 Å². The summed E-state index contributed by atoms with van der Waals surface area (Å²) in [5.41, 5.74) is 0.141. The van der Waals surface area contributed by atoms with Gasteiger partial charge in [-0.1, -0.05) is 0 Å². The van der Waals surface area contributed by atoms with Crippen LogP contribution in [0.15, 0.2) is 18.2 Å². The maximum atomic E-state index is 13.0. The average Bonchev–Trinajstić information content (AvgIpc) is 2.80. The lowest BCUT2D eigenvalue weighted by atomic mass is 10.1. The summed E-state index contributed by atoms with van der Waals surface area (Å²) in [6, 6.07) is 3.12. The first-order valence-electron chi connectivity index (χ1n) is 5.47. The highest BCUT2D eigenvalue weighted by atomic mass is 19.2. The summed E-state index contributed by atoms with van der Waals surface area (Å²) in [5.74, 6) is -2.21. The number of likely N-dealkylation sites (tertiary alicyclic amines) is 1. The minimum absolute atomic E-state index is 0.0432. The van der Waals surface area contributed by atoms with Crippen LogP contribution in [0.5, 0.6) is 0 Å². The minimum atomic E-state index is -1.02. The third-order valence-corrected chi connectivity index (χ3v) is 3.00. The number of halogens is 2. The number of hydrogen-bond donors (Lipinski definition) is 1. The quantitative estimate of drug-likeness (QED) is 0.850. The number of rotatable bonds is 2. The summed E-state index contributed by atoms with van der Waals surface area (Å²) in [5, 5.41) is 8.97. The van der Waals surface area contributed by atoms with Gasteiger partial charge in [0.1, 0.15) is 0 Å². The van der Waals surface area contributed by atoms with E-state index < -0.39 is 11.6 Å². The van der Waals surface area contributed by atoms with Gasteiger partial charge < -0.3 is 10.0 Å². The minimum Gasteiger partial charge on any atom is -0.396 e. The van der Waals surface area contributed by atoms with E-state index in [0.29, 0.717) is 13.1 Å². The molecule has 1 aliphatic heterocycles. The first-order valence-corrected chi connectivity index (χ1v) is 5.47. The highest BCUT2D eigenvalue weighted by Gasteiger charge is 2.26. The van der Waals surface area contributed by atoms with Gasteiger partial charge in [0, 0.05) is 31.2 Å². The molecule has 0 unspecified atom stereocenters. The highest BCUT2D eigenvalue weighted by molar-refractivity contribution is 5.94. The molecule has 2 rings (SSSR count). The van der Waals surface area contributed by atoms with Crippen LogP contribution in [0.2, 0.25) is 0 Å². The maximum Gasteiger partial charge on any atom is 0.253 e. The summed E-state index contributed by atoms with van der Waals surface area (Å²) in [7, 11) is 0. The molecule has 5 heteroatoms. The van der Waals surface area contributed by atoms with E-state index in [4.69, 9.17) is 5.11 Å². The summed E-state index contributed by atoms with van der Waals surface area (Å²) < 4.78 is 25.7. The van der Waals surface area contributed by atoms with E-state index in [9.17, 15) is 13.6 Å². The summed E-state index contributed by atoms with van der Waals surface area (Å²) in [6.07, 6.45) is 0.742. The molecule has 1 atom stereocenters. The van der Waals surface area contributed by atoms with Crippen molar-refractivity contribution in [2.75, 3.05) is 19.7 Å². The van der Waals surface area contributed by atoms with Gasteiger partial charge in [-0.3, -0.25) is 4.79 Å². The Bertz CT molecular complexity index is 437. The molecule has 0 aliphatic carbocycles. The van der Waals surface area contributed by atoms with Gasteiger partial charge >= 0.3 is 0 Å². The van der Waals surface area contributed by atoms with Crippen molar-refractivity contribution in [3.8, 4) is 0 Å². The predicted molar refractivity (Wildman–Crippen MR) is 57.5 cm³/mol. The van der Waals surface area contributed by atoms with Gasteiger partial charge in [0.05, 0.1) is 0 Å². The van der Waals surface area contributed by atoms with E-state index in [1.807, 2.05) is 0 Å². The number of aliphatic hydroxyl groups is 1. The lowest BCUT2D eigenvalue weighted by molar-refractivity contribution is 0.0781. The Labute approximate surface area is 97.7 Å². The molecule has 1 aliphatic rings. The number of amides is 1. The highest BCUT2D eigenvalue weighted by Crippen LogP contribution is 2.19. The van der Waals surface area contributed by atoms with Gasteiger partial charge in [0.2, 0.25) is 0 Å². The number of aliphatic hydroxyl groups excluding tert-OH is 1. The number of benzene rings is 1. The van der Waals surface area contributed by atoms with E-state index in [-0.39, 0.29) is 24.0 Å². The third kappa shape index (κ3) is 2.44. The van der Waals surface area contributed by atoms with Crippen LogP contribution in [0.1, 0.15) is 16.8 Å². The van der Waals surface area contributed by atoms with Crippen molar-refractivity contribution in [1.29, 1.82) is 0 Å². The smallest absolute Gasteiger partial charge is 0.253 e. The monoisotopic (exact) mass is 241 g/mol. The predicted octanol–water partition coefficient (Wildman–Crippen LogP) is 1.42. The van der Waals surface area contributed by atoms with Crippen LogP contribution < -0.4 is 0 Å². The van der Waals surface area contributed by atoms with Crippen molar-refractivity contribution in [3.63, 3.8) is 0 Å². The first-order chi connectivity index (χ1) is 8.11. The maximum absolute atomic E-state index is 13.0. The fourth-order valence-corrected chi connectivity index (χ4v) is 1.98. The number of carbonyl (C=O) groups excluding carboxylic acids is 1. The summed E-state index contributed by atoms with van der Waals surface area (Å²) >= 11 is 0. The molecule has 0 saturated carbocycles. The van der Waals surface area contributed by atoms with E-state index in [1.54, 1.807) is 4.90 Å². The molecule has 0 spiro atoms. The van der Waals surface area contributed by atoms with Crippen molar-refractivity contribution in [2.45, 2.75) is 6.42 Å². The molecule has 92 valence electrons. The number of carbonyl (C=O) groups is 1. The second-order valence-electron chi connectivity index (χ2n) is 4.22. The topological polar surface area (TPSA) is 40.5 Å². The molecule has 0 aromatic heterocycles. The fourth-order valence-electron chi connectivity index (χ4n) is 1.98. The third-order valence-electron chi connectivity index (χ3n) is 3.00. The Balaban J connectivity index is 2.12. The van der Waals surface area contributed by atoms with Crippen molar-refractivity contribution in [1.82, 2.24) is 4.90 Å². The van der Waals surface area contributed by atoms with Crippen molar-refractivity contribution in [2.24, 2.45) is 5.92 Å². The molecule has 0 bridgehead atoms. The Morgan fingerprint density at radius 1 is 1.41 bits per heavy atom. The SMILES string of the molecule is O=C(c1ccc(F)c(F)c1)N1CC[C@@H](CO)C1. The largest absolute Gasteiger partial charge is 0.396 e. The van der Waals surface area contributed by atoms with E-state index in [0.717, 1.165) is 18.6 Å². The van der Waals surface area contributed by atoms with E-state index in [1.165, 1.54) is 6.07 Å². The molecule has 1 heterocycles. The zero-order valence-corrected chi connectivity index (χ0v) is 9.20. The molecule has 1 fully saturated rings. The zero-order chi connectivity index (χ0) is 12.4. The molecule has 3 nitrogen and oxygen atoms in total. The van der Waals surface area contributed by atoms with Crippen molar-refractivity contribution >= 4 is 5.91 Å². The molecule has 1 amide bonds. The normalized spacial score (nSPS) is 19.7. The van der Waals surface area contributed by atoms with Gasteiger partial charge in [-0.15, -0.1) is 0 Å². The second-order valence-corrected chi connectivity index (χ2v) is 4.22. The molecule has 17 heavy (non-hydrogen) atoms. The van der Waals surface area contributed by atoms with Crippen LogP contribution in [-0.4, -0.2) is 35.6 Å². The Morgan fingerprint density at radius 2 is 2.18 bits per heavy atom. The molecule has 1 aromatic rings. The number of nitrogens with zero attached hydrogens (tertiary/aromatic N) is 1. The van der Waals surface area contributed by atoms with Crippen LogP contribution >= 0.6 is 0 Å². The van der Waals surface area contributed by atoms with Crippen LogP contribution in [-0.2, 0) is 0 Å². The molecular formula is C12H13F2NO2. The van der Waals surface area contributed by atoms with Gasteiger partial charge in [-0.05, 0) is 24.6 Å². The lowest BCUT2D eigenvalue weighted by Crippen LogP contribution is -2.29. The van der Waals surface area contributed by atoms with E-state index >= 15 is 0 Å². The van der Waals surface area contributed by atoms with Crippen LogP contribution in [0.3, 0.4) is 0 Å². The standard InChI is InChI=1S/C12H13F2NO2/c13-10-2-1-9(5-11(10)14)12(17)15-4-3-8(6-15)7-16/h1-2,5,8,16H,3-4,6-7H2/t8-/m1/s1. The Kier molecular flexibility index (Phi) is 3.38. The molecular weight excluding hydrogens is 228 g/mol. The van der Waals surface area contributed by atoms with E-state index in [2.05, 4.69) is 0 Å². The lowest BCUT2D eigenvalue weighted by Gasteiger charge is -2.16. The van der Waals surface area contributed by atoms with Gasteiger partial charge in [0.15, 0.2) is 11.6 Å². The van der Waals surface area contributed by atoms with Gasteiger partial charge in [-0.2, -0.15) is 0 Å². The average molecular weight is 241 g/mol. The Morgan fingerprint density at radius 3 is 2.76 bits per heavy atom. The first kappa shape index (κ1) is 12.0. The Hall–Kier alpha value is -1.49. The molecule has 1 N–H and O–H groups in total. The molecule has 1 aromatic carbocycles. The van der Waals surface area contributed by atoms with Crippen LogP contribution in [0, 0.1) is 17.6 Å². The van der Waals surface area contributed by atoms with Crippen molar-refractivity contribution < 1.29 is 18.7 Å². The van der Waals surface area contributed by atoms with Crippen LogP contribution in [0.25, 0.3) is 0 Å². The molecule has 1 saturated heterocycles. The molecule has 0 radical (unpaired) electrons. The van der Waals surface area contributed by atoms with Gasteiger partial charge in [0.25, 0.3) is 5.91 Å². The van der Waals surface area contributed by atoms with Crippen molar-refractivity contribution in [3.05, 3.63) is 35.4 Å².